The van der Waals surface area contributed by atoms with E-state index in [4.69, 9.17) is 10.00 Å². The van der Waals surface area contributed by atoms with Gasteiger partial charge in [0.05, 0.1) is 18.1 Å². The Bertz CT molecular complexity index is 257. The lowest BCUT2D eigenvalue weighted by molar-refractivity contribution is -0.144. The van der Waals surface area contributed by atoms with E-state index in [1.165, 1.54) is 0 Å². The number of ether oxygens (including phenoxy) is 1. The van der Waals surface area contributed by atoms with Gasteiger partial charge in [-0.15, -0.1) is 0 Å². The Morgan fingerprint density at radius 2 is 2.43 bits per heavy atom. The van der Waals surface area contributed by atoms with Crippen LogP contribution in [0.4, 0.5) is 0 Å². The number of rotatable bonds is 3. The maximum absolute atomic E-state index is 11.3. The van der Waals surface area contributed by atoms with Crippen molar-refractivity contribution in [3.63, 3.8) is 0 Å². The van der Waals surface area contributed by atoms with E-state index in [-0.39, 0.29) is 17.3 Å². The van der Waals surface area contributed by atoms with Crippen LogP contribution in [-0.2, 0) is 9.53 Å². The number of esters is 1. The molecule has 0 heterocycles. The summed E-state index contributed by atoms with van der Waals surface area (Å²) < 4.78 is 4.89. The molecule has 0 N–H and O–H groups in total. The molecule has 0 bridgehead atoms. The molecule has 0 aromatic carbocycles. The topological polar surface area (TPSA) is 50.1 Å². The van der Waals surface area contributed by atoms with Crippen molar-refractivity contribution in [1.29, 1.82) is 5.26 Å². The molecule has 0 unspecified atom stereocenters. The van der Waals surface area contributed by atoms with Crippen molar-refractivity contribution in [1.82, 2.24) is 0 Å². The first kappa shape index (κ1) is 11.0. The molecular formula is C11H17NO2. The summed E-state index contributed by atoms with van der Waals surface area (Å²) in [6.07, 6.45) is 3.34. The van der Waals surface area contributed by atoms with E-state index < -0.39 is 0 Å². The van der Waals surface area contributed by atoms with Gasteiger partial charge in [-0.25, -0.2) is 0 Å². The van der Waals surface area contributed by atoms with Crippen LogP contribution in [0, 0.1) is 22.7 Å². The van der Waals surface area contributed by atoms with Crippen molar-refractivity contribution in [2.45, 2.75) is 39.5 Å². The van der Waals surface area contributed by atoms with Crippen LogP contribution in [0.2, 0.25) is 0 Å². The van der Waals surface area contributed by atoms with Crippen molar-refractivity contribution >= 4 is 5.97 Å². The molecule has 0 aromatic heterocycles. The zero-order valence-electron chi connectivity index (χ0n) is 8.88. The van der Waals surface area contributed by atoms with Crippen LogP contribution in [0.15, 0.2) is 0 Å². The van der Waals surface area contributed by atoms with E-state index in [1.54, 1.807) is 6.92 Å². The van der Waals surface area contributed by atoms with Gasteiger partial charge >= 0.3 is 5.97 Å². The van der Waals surface area contributed by atoms with E-state index >= 15 is 0 Å². The highest BCUT2D eigenvalue weighted by Crippen LogP contribution is 2.44. The van der Waals surface area contributed by atoms with Gasteiger partial charge in [-0.05, 0) is 32.6 Å². The van der Waals surface area contributed by atoms with Crippen LogP contribution < -0.4 is 0 Å². The molecule has 0 spiro atoms. The smallest absolute Gasteiger partial charge is 0.306 e. The number of carbonyl (C=O) groups excluding carboxylic acids is 1. The van der Waals surface area contributed by atoms with Crippen LogP contribution in [0.5, 0.6) is 0 Å². The fourth-order valence-corrected chi connectivity index (χ4v) is 2.13. The summed E-state index contributed by atoms with van der Waals surface area (Å²) in [4.78, 5) is 11.3. The minimum absolute atomic E-state index is 0.166. The summed E-state index contributed by atoms with van der Waals surface area (Å²) in [6, 6.07) is 2.33. The average molecular weight is 195 g/mol. The Kier molecular flexibility index (Phi) is 3.51. The third kappa shape index (κ3) is 2.25. The zero-order valence-corrected chi connectivity index (χ0v) is 8.88. The minimum Gasteiger partial charge on any atom is -0.466 e. The third-order valence-corrected chi connectivity index (χ3v) is 3.12. The fraction of sp³-hybridized carbons (Fsp3) is 0.818. The lowest BCUT2D eigenvalue weighted by Gasteiger charge is -2.22. The number of nitrogens with zero attached hydrogens (tertiary/aromatic N) is 1. The Hall–Kier alpha value is -1.04. The Morgan fingerprint density at radius 1 is 1.71 bits per heavy atom. The number of nitriles is 1. The molecule has 3 nitrogen and oxygen atoms in total. The van der Waals surface area contributed by atoms with Gasteiger partial charge in [0.2, 0.25) is 0 Å². The van der Waals surface area contributed by atoms with Crippen molar-refractivity contribution in [3.8, 4) is 6.07 Å². The van der Waals surface area contributed by atoms with Crippen LogP contribution in [0.1, 0.15) is 39.5 Å². The van der Waals surface area contributed by atoms with Gasteiger partial charge in [0.1, 0.15) is 0 Å². The van der Waals surface area contributed by atoms with Crippen molar-refractivity contribution < 1.29 is 9.53 Å². The van der Waals surface area contributed by atoms with Gasteiger partial charge in [-0.3, -0.25) is 4.79 Å². The molecule has 0 aromatic rings. The van der Waals surface area contributed by atoms with Crippen LogP contribution in [0.3, 0.4) is 0 Å². The summed E-state index contributed by atoms with van der Waals surface area (Å²) in [7, 11) is 0. The quantitative estimate of drug-likeness (QED) is 0.649. The first-order chi connectivity index (χ1) is 6.62. The molecule has 0 amide bonds. The number of hydrogen-bond acceptors (Lipinski definition) is 3. The second-order valence-corrected chi connectivity index (χ2v) is 4.13. The summed E-state index contributed by atoms with van der Waals surface area (Å²) in [5, 5.41) is 9.04. The normalized spacial score (nSPS) is 31.1. The van der Waals surface area contributed by atoms with Crippen LogP contribution in [-0.4, -0.2) is 12.6 Å². The second-order valence-electron chi connectivity index (χ2n) is 4.13. The maximum atomic E-state index is 11.3. The van der Waals surface area contributed by atoms with E-state index in [0.29, 0.717) is 13.0 Å². The average Bonchev–Trinajstić information content (AvgIpc) is 2.49. The Labute approximate surface area is 85.1 Å². The highest BCUT2D eigenvalue weighted by atomic mass is 16.5. The van der Waals surface area contributed by atoms with Gasteiger partial charge < -0.3 is 4.74 Å². The van der Waals surface area contributed by atoms with Gasteiger partial charge in [0.25, 0.3) is 0 Å². The van der Waals surface area contributed by atoms with Gasteiger partial charge in [-0.2, -0.15) is 5.26 Å². The predicted molar refractivity (Wildman–Crippen MR) is 52.3 cm³/mol. The monoisotopic (exact) mass is 195 g/mol. The van der Waals surface area contributed by atoms with E-state index in [1.807, 2.05) is 6.92 Å². The minimum atomic E-state index is -0.313. The molecule has 1 fully saturated rings. The van der Waals surface area contributed by atoms with E-state index in [0.717, 1.165) is 19.3 Å². The SMILES string of the molecule is CCOC(=O)C[C@H]1CCC[C@]1(C)C#N. The molecule has 14 heavy (non-hydrogen) atoms. The summed E-state index contributed by atoms with van der Waals surface area (Å²) >= 11 is 0. The van der Waals surface area contributed by atoms with Gasteiger partial charge in [0.15, 0.2) is 0 Å². The molecular weight excluding hydrogens is 178 g/mol. The summed E-state index contributed by atoms with van der Waals surface area (Å²) in [6.45, 7) is 4.18. The highest BCUT2D eigenvalue weighted by Gasteiger charge is 2.40. The van der Waals surface area contributed by atoms with Crippen molar-refractivity contribution in [2.24, 2.45) is 11.3 Å². The van der Waals surface area contributed by atoms with Crippen LogP contribution in [0.25, 0.3) is 0 Å². The third-order valence-electron chi connectivity index (χ3n) is 3.12. The first-order valence-corrected chi connectivity index (χ1v) is 5.19. The zero-order chi connectivity index (χ0) is 10.6. The molecule has 0 aliphatic heterocycles. The number of carbonyl (C=O) groups is 1. The van der Waals surface area contributed by atoms with Crippen molar-refractivity contribution in [2.75, 3.05) is 6.61 Å². The fourth-order valence-electron chi connectivity index (χ4n) is 2.13. The first-order valence-electron chi connectivity index (χ1n) is 5.19. The molecule has 3 heteroatoms. The summed E-state index contributed by atoms with van der Waals surface area (Å²) in [5.74, 6) is 0.0208. The standard InChI is InChI=1S/C11H17NO2/c1-3-14-10(13)7-9-5-4-6-11(9,2)8-12/h9H,3-7H2,1-2H3/t9-,11-/m1/s1. The van der Waals surface area contributed by atoms with Crippen molar-refractivity contribution in [3.05, 3.63) is 0 Å². The number of hydrogen-bond donors (Lipinski definition) is 0. The lowest BCUT2D eigenvalue weighted by atomic mass is 9.79. The maximum Gasteiger partial charge on any atom is 0.306 e. The largest absolute Gasteiger partial charge is 0.466 e. The molecule has 0 radical (unpaired) electrons. The van der Waals surface area contributed by atoms with Gasteiger partial charge in [0, 0.05) is 6.42 Å². The molecule has 1 aliphatic rings. The van der Waals surface area contributed by atoms with E-state index in [2.05, 4.69) is 6.07 Å². The molecule has 1 rings (SSSR count). The Balaban J connectivity index is 2.53. The van der Waals surface area contributed by atoms with E-state index in [9.17, 15) is 4.79 Å². The summed E-state index contributed by atoms with van der Waals surface area (Å²) in [5.41, 5.74) is -0.313. The lowest BCUT2D eigenvalue weighted by Crippen LogP contribution is -2.23. The van der Waals surface area contributed by atoms with Crippen LogP contribution >= 0.6 is 0 Å². The molecule has 1 saturated carbocycles. The highest BCUT2D eigenvalue weighted by molar-refractivity contribution is 5.69. The molecule has 1 aliphatic carbocycles. The van der Waals surface area contributed by atoms with Gasteiger partial charge in [-0.1, -0.05) is 6.42 Å². The Morgan fingerprint density at radius 3 is 3.00 bits per heavy atom. The molecule has 0 saturated heterocycles. The predicted octanol–water partition coefficient (Wildman–Crippen LogP) is 2.27. The second kappa shape index (κ2) is 4.45. The molecule has 78 valence electrons. The molecule has 2 atom stereocenters.